The quantitative estimate of drug-likeness (QED) is 0.847. The first kappa shape index (κ1) is 14.4. The highest BCUT2D eigenvalue weighted by Crippen LogP contribution is 2.28. The van der Waals surface area contributed by atoms with Crippen LogP contribution in [0.1, 0.15) is 30.3 Å². The Morgan fingerprint density at radius 2 is 2.27 bits per heavy atom. The molecule has 2 aromatic heterocycles. The van der Waals surface area contributed by atoms with Gasteiger partial charge >= 0.3 is 0 Å². The van der Waals surface area contributed by atoms with Crippen LogP contribution < -0.4 is 0 Å². The molecule has 2 fully saturated rings. The van der Waals surface area contributed by atoms with E-state index in [0.717, 1.165) is 23.7 Å². The third kappa shape index (κ3) is 2.49. The molecule has 116 valence electrons. The van der Waals surface area contributed by atoms with Crippen molar-refractivity contribution < 1.29 is 4.79 Å². The summed E-state index contributed by atoms with van der Waals surface area (Å²) in [6.45, 7) is 5.19. The van der Waals surface area contributed by atoms with Crippen molar-refractivity contribution >= 4 is 28.6 Å². The number of aromatic nitrogens is 1. The molecule has 0 N–H and O–H groups in total. The van der Waals surface area contributed by atoms with E-state index in [9.17, 15) is 4.79 Å². The molecule has 2 saturated heterocycles. The molecular weight excluding hydrogens is 314 g/mol. The normalized spacial score (nSPS) is 25.4. The van der Waals surface area contributed by atoms with Gasteiger partial charge in [0.25, 0.3) is 5.91 Å². The molecule has 4 rings (SSSR count). The van der Waals surface area contributed by atoms with Gasteiger partial charge in [0.1, 0.15) is 10.7 Å². The van der Waals surface area contributed by atoms with Crippen molar-refractivity contribution in [2.24, 2.45) is 0 Å². The van der Waals surface area contributed by atoms with Crippen LogP contribution in [0, 0.1) is 0 Å². The molecular formula is C16H19N3OS2. The van der Waals surface area contributed by atoms with Crippen LogP contribution in [0.4, 0.5) is 0 Å². The van der Waals surface area contributed by atoms with E-state index in [1.807, 2.05) is 15.7 Å². The summed E-state index contributed by atoms with van der Waals surface area (Å²) in [7, 11) is 0. The number of rotatable bonds is 2. The fourth-order valence-electron chi connectivity index (χ4n) is 3.51. The monoisotopic (exact) mass is 333 g/mol. The first-order valence-electron chi connectivity index (χ1n) is 7.75. The van der Waals surface area contributed by atoms with E-state index in [0.29, 0.717) is 11.7 Å². The fourth-order valence-corrected chi connectivity index (χ4v) is 5.01. The number of hydrogen-bond donors (Lipinski definition) is 0. The molecule has 1 amide bonds. The molecule has 2 aromatic rings. The van der Waals surface area contributed by atoms with Crippen molar-refractivity contribution in [3.8, 4) is 10.6 Å². The van der Waals surface area contributed by atoms with Crippen molar-refractivity contribution in [3.05, 3.63) is 27.9 Å². The first-order valence-corrected chi connectivity index (χ1v) is 9.58. The van der Waals surface area contributed by atoms with Gasteiger partial charge in [-0.25, -0.2) is 4.98 Å². The van der Waals surface area contributed by atoms with Crippen molar-refractivity contribution in [1.82, 2.24) is 14.8 Å². The number of amides is 1. The zero-order valence-corrected chi connectivity index (χ0v) is 14.2. The van der Waals surface area contributed by atoms with Crippen molar-refractivity contribution in [2.45, 2.75) is 31.8 Å². The zero-order chi connectivity index (χ0) is 15.1. The number of fused-ring (bicyclic) bond motifs is 1. The van der Waals surface area contributed by atoms with Crippen LogP contribution in [0.15, 0.2) is 22.2 Å². The number of carbonyl (C=O) groups is 1. The molecule has 6 heteroatoms. The van der Waals surface area contributed by atoms with Gasteiger partial charge in [0.15, 0.2) is 0 Å². The molecule has 0 radical (unpaired) electrons. The minimum absolute atomic E-state index is 0.0942. The van der Waals surface area contributed by atoms with E-state index in [4.69, 9.17) is 0 Å². The molecule has 4 heterocycles. The second-order valence-corrected chi connectivity index (χ2v) is 7.79. The molecule has 0 saturated carbocycles. The number of thiophene rings is 1. The average Bonchev–Trinajstić information content (AvgIpc) is 3.25. The zero-order valence-electron chi connectivity index (χ0n) is 12.6. The SMILES string of the molecule is C[C@@H]1CN2CCC[C@@H]2CN1C(=O)c1csc(-c2ccsc2)n1. The Balaban J connectivity index is 1.54. The lowest BCUT2D eigenvalue weighted by molar-refractivity contribution is 0.0391. The lowest BCUT2D eigenvalue weighted by atomic mass is 10.1. The Hall–Kier alpha value is -1.24. The predicted molar refractivity (Wildman–Crippen MR) is 90.5 cm³/mol. The first-order chi connectivity index (χ1) is 10.7. The maximum atomic E-state index is 12.8. The van der Waals surface area contributed by atoms with Gasteiger partial charge in [0.2, 0.25) is 0 Å². The van der Waals surface area contributed by atoms with Gasteiger partial charge < -0.3 is 4.90 Å². The number of hydrogen-bond acceptors (Lipinski definition) is 5. The lowest BCUT2D eigenvalue weighted by Gasteiger charge is -2.42. The molecule has 0 unspecified atom stereocenters. The van der Waals surface area contributed by atoms with Crippen LogP contribution in [0.3, 0.4) is 0 Å². The Morgan fingerprint density at radius 1 is 1.36 bits per heavy atom. The van der Waals surface area contributed by atoms with Crippen LogP contribution in [0.5, 0.6) is 0 Å². The summed E-state index contributed by atoms with van der Waals surface area (Å²) < 4.78 is 0. The molecule has 4 nitrogen and oxygen atoms in total. The van der Waals surface area contributed by atoms with E-state index < -0.39 is 0 Å². The molecule has 0 aliphatic carbocycles. The predicted octanol–water partition coefficient (Wildman–Crippen LogP) is 3.18. The molecule has 22 heavy (non-hydrogen) atoms. The second kappa shape index (κ2) is 5.76. The van der Waals surface area contributed by atoms with Crippen LogP contribution in [-0.2, 0) is 0 Å². The van der Waals surface area contributed by atoms with Gasteiger partial charge in [-0.1, -0.05) is 0 Å². The smallest absolute Gasteiger partial charge is 0.273 e. The van der Waals surface area contributed by atoms with Gasteiger partial charge in [0.05, 0.1) is 0 Å². The summed E-state index contributed by atoms with van der Waals surface area (Å²) in [6.07, 6.45) is 2.48. The van der Waals surface area contributed by atoms with Crippen molar-refractivity contribution in [2.75, 3.05) is 19.6 Å². The molecule has 0 aromatic carbocycles. The Morgan fingerprint density at radius 3 is 3.09 bits per heavy atom. The third-order valence-corrected chi connectivity index (χ3v) is 6.26. The van der Waals surface area contributed by atoms with Gasteiger partial charge in [-0.05, 0) is 37.8 Å². The van der Waals surface area contributed by atoms with Crippen molar-refractivity contribution in [1.29, 1.82) is 0 Å². The van der Waals surface area contributed by atoms with E-state index in [2.05, 4.69) is 28.3 Å². The Kier molecular flexibility index (Phi) is 3.76. The van der Waals surface area contributed by atoms with Crippen LogP contribution in [0.25, 0.3) is 10.6 Å². The largest absolute Gasteiger partial charge is 0.332 e. The summed E-state index contributed by atoms with van der Waals surface area (Å²) in [5.74, 6) is 0.0942. The van der Waals surface area contributed by atoms with E-state index in [-0.39, 0.29) is 11.9 Å². The molecule has 0 bridgehead atoms. The van der Waals surface area contributed by atoms with E-state index in [1.165, 1.54) is 19.4 Å². The van der Waals surface area contributed by atoms with Crippen LogP contribution in [0.2, 0.25) is 0 Å². The lowest BCUT2D eigenvalue weighted by Crippen LogP contribution is -2.56. The number of piperazine rings is 1. The number of nitrogens with zero attached hydrogens (tertiary/aromatic N) is 3. The maximum absolute atomic E-state index is 12.8. The summed E-state index contributed by atoms with van der Waals surface area (Å²) >= 11 is 3.21. The van der Waals surface area contributed by atoms with Crippen molar-refractivity contribution in [3.63, 3.8) is 0 Å². The maximum Gasteiger partial charge on any atom is 0.273 e. The van der Waals surface area contributed by atoms with Crippen LogP contribution in [-0.4, -0.2) is 52.4 Å². The highest BCUT2D eigenvalue weighted by molar-refractivity contribution is 7.14. The third-order valence-electron chi connectivity index (χ3n) is 4.69. The topological polar surface area (TPSA) is 36.4 Å². The summed E-state index contributed by atoms with van der Waals surface area (Å²) in [4.78, 5) is 22.0. The van der Waals surface area contributed by atoms with E-state index >= 15 is 0 Å². The summed E-state index contributed by atoms with van der Waals surface area (Å²) in [6, 6.07) is 2.88. The number of thiazole rings is 1. The van der Waals surface area contributed by atoms with Gasteiger partial charge in [-0.15, -0.1) is 11.3 Å². The molecule has 2 atom stereocenters. The highest BCUT2D eigenvalue weighted by atomic mass is 32.1. The molecule has 2 aliphatic heterocycles. The summed E-state index contributed by atoms with van der Waals surface area (Å²) in [5.41, 5.74) is 1.72. The Labute approximate surface area is 138 Å². The minimum atomic E-state index is 0.0942. The summed E-state index contributed by atoms with van der Waals surface area (Å²) in [5, 5.41) is 6.96. The van der Waals surface area contributed by atoms with Gasteiger partial charge in [-0.3, -0.25) is 9.69 Å². The fraction of sp³-hybridized carbons (Fsp3) is 0.500. The van der Waals surface area contributed by atoms with E-state index in [1.54, 1.807) is 22.7 Å². The second-order valence-electron chi connectivity index (χ2n) is 6.15. The standard InChI is InChI=1S/C16H19N3OS2/c1-11-7-18-5-2-3-13(18)8-19(11)16(20)14-10-22-15(17-14)12-4-6-21-9-12/h4,6,9-11,13H,2-3,5,7-8H2,1H3/t11-,13-/m1/s1. The van der Waals surface area contributed by atoms with Crippen LogP contribution >= 0.6 is 22.7 Å². The molecule has 2 aliphatic rings. The number of carbonyl (C=O) groups excluding carboxylic acids is 1. The molecule has 0 spiro atoms. The highest BCUT2D eigenvalue weighted by Gasteiger charge is 2.37. The van der Waals surface area contributed by atoms with Gasteiger partial charge in [0, 0.05) is 41.5 Å². The minimum Gasteiger partial charge on any atom is -0.332 e. The average molecular weight is 333 g/mol. The Bertz CT molecular complexity index is 667. The van der Waals surface area contributed by atoms with Gasteiger partial charge in [-0.2, -0.15) is 11.3 Å².